The number of carbonyl (C=O) groups is 2. The second-order valence-corrected chi connectivity index (χ2v) is 9.18. The van der Waals surface area contributed by atoms with Crippen LogP contribution in [0.1, 0.15) is 63.7 Å². The number of ketones is 1. The van der Waals surface area contributed by atoms with Gasteiger partial charge >= 0.3 is 7.75 Å². The fraction of sp³-hybridized carbons (Fsp3) is 0.545. The van der Waals surface area contributed by atoms with Crippen LogP contribution in [0.15, 0.2) is 18.2 Å². The third-order valence-electron chi connectivity index (χ3n) is 4.73. The van der Waals surface area contributed by atoms with Crippen LogP contribution >= 0.6 is 7.75 Å². The van der Waals surface area contributed by atoms with Gasteiger partial charge in [-0.3, -0.25) is 29.5 Å². The zero-order valence-electron chi connectivity index (χ0n) is 19.8. The zero-order valence-corrected chi connectivity index (χ0v) is 20.7. The third-order valence-corrected chi connectivity index (χ3v) is 5.95. The number of amides is 1. The van der Waals surface area contributed by atoms with E-state index in [4.69, 9.17) is 4.52 Å². The van der Waals surface area contributed by atoms with Crippen molar-refractivity contribution in [2.75, 3.05) is 19.6 Å². The first-order valence-corrected chi connectivity index (χ1v) is 12.5. The molecule has 0 saturated carbocycles. The molecule has 2 unspecified atom stereocenters. The van der Waals surface area contributed by atoms with Gasteiger partial charge in [-0.25, -0.2) is 9.65 Å². The van der Waals surface area contributed by atoms with Gasteiger partial charge in [-0.1, -0.05) is 18.4 Å². The molecule has 0 aliphatic carbocycles. The molecule has 0 spiro atoms. The van der Waals surface area contributed by atoms with E-state index in [0.29, 0.717) is 37.8 Å². The Morgan fingerprint density at radius 1 is 1.29 bits per heavy atom. The summed E-state index contributed by atoms with van der Waals surface area (Å²) in [6.07, 6.45) is 1.25. The highest BCUT2D eigenvalue weighted by Gasteiger charge is 2.27. The normalized spacial score (nSPS) is 13.3. The van der Waals surface area contributed by atoms with E-state index in [0.717, 1.165) is 0 Å². The van der Waals surface area contributed by atoms with E-state index in [1.165, 1.54) is 32.0 Å². The number of rotatable bonds is 16. The Balaban J connectivity index is 2.52. The van der Waals surface area contributed by atoms with Crippen molar-refractivity contribution in [3.63, 3.8) is 0 Å². The van der Waals surface area contributed by atoms with Crippen molar-refractivity contribution in [1.29, 1.82) is 0 Å². The van der Waals surface area contributed by atoms with Crippen molar-refractivity contribution in [3.05, 3.63) is 39.4 Å². The molecule has 0 radical (unpaired) electrons. The molecule has 2 atom stereocenters. The summed E-state index contributed by atoms with van der Waals surface area (Å²) in [6, 6.07) is 4.25. The lowest BCUT2D eigenvalue weighted by atomic mass is 10.0. The van der Waals surface area contributed by atoms with Gasteiger partial charge in [0, 0.05) is 32.5 Å². The number of nitrogens with one attached hydrogen (secondary N) is 3. The summed E-state index contributed by atoms with van der Waals surface area (Å²) in [7, 11) is -4.23. The molecule has 1 aromatic carbocycles. The van der Waals surface area contributed by atoms with Crippen molar-refractivity contribution in [1.82, 2.24) is 15.7 Å². The van der Waals surface area contributed by atoms with E-state index in [1.807, 2.05) is 0 Å². The second-order valence-electron chi connectivity index (χ2n) is 7.62. The molecule has 0 fully saturated rings. The number of nitrogens with zero attached hydrogens (tertiary/aromatic N) is 1. The van der Waals surface area contributed by atoms with Crippen LogP contribution in [-0.2, 0) is 25.2 Å². The van der Waals surface area contributed by atoms with E-state index < -0.39 is 18.8 Å². The molecule has 0 saturated heterocycles. The topological polar surface area (TPSA) is 160 Å². The number of nitro benzene ring substituents is 1. The molecule has 0 heterocycles. The molecule has 1 amide bonds. The maximum Gasteiger partial charge on any atom is 0.403 e. The van der Waals surface area contributed by atoms with Crippen LogP contribution in [0.2, 0.25) is 0 Å². The molecule has 0 aliphatic rings. The van der Waals surface area contributed by atoms with Crippen molar-refractivity contribution >= 4 is 25.1 Å². The van der Waals surface area contributed by atoms with Gasteiger partial charge in [-0.05, 0) is 38.3 Å². The minimum absolute atomic E-state index is 0.0816. The summed E-state index contributed by atoms with van der Waals surface area (Å²) in [6.45, 7) is 5.61. The van der Waals surface area contributed by atoms with Crippen LogP contribution in [0.4, 0.5) is 5.69 Å². The second kappa shape index (κ2) is 15.3. The summed E-state index contributed by atoms with van der Waals surface area (Å²) in [5.74, 6) is 5.37. The van der Waals surface area contributed by atoms with Crippen molar-refractivity contribution in [3.8, 4) is 11.8 Å². The maximum absolute atomic E-state index is 12.4. The van der Waals surface area contributed by atoms with Crippen LogP contribution in [-0.4, -0.2) is 41.1 Å². The Morgan fingerprint density at radius 2 is 2.03 bits per heavy atom. The van der Waals surface area contributed by atoms with E-state index >= 15 is 0 Å². The molecule has 1 rings (SSSR count). The highest BCUT2D eigenvalue weighted by atomic mass is 31.2. The quantitative estimate of drug-likeness (QED) is 0.0887. The van der Waals surface area contributed by atoms with Gasteiger partial charge in [-0.2, -0.15) is 0 Å². The van der Waals surface area contributed by atoms with E-state index in [2.05, 4.69) is 27.6 Å². The lowest BCUT2D eigenvalue weighted by Gasteiger charge is -2.19. The zero-order chi connectivity index (χ0) is 25.6. The first-order valence-electron chi connectivity index (χ1n) is 11.0. The van der Waals surface area contributed by atoms with Crippen LogP contribution in [0, 0.1) is 22.0 Å². The predicted octanol–water partition coefficient (Wildman–Crippen LogP) is 2.74. The van der Waals surface area contributed by atoms with Crippen LogP contribution in [0.25, 0.3) is 0 Å². The molecule has 12 heteroatoms. The van der Waals surface area contributed by atoms with Crippen molar-refractivity contribution in [2.24, 2.45) is 0 Å². The monoisotopic (exact) mass is 496 g/mol. The van der Waals surface area contributed by atoms with Gasteiger partial charge < -0.3 is 10.2 Å². The predicted molar refractivity (Wildman–Crippen MR) is 128 cm³/mol. The number of benzene rings is 1. The average molecular weight is 497 g/mol. The molecule has 188 valence electrons. The smallest absolute Gasteiger partial charge is 0.352 e. The number of hydrogen-bond donors (Lipinski definition) is 4. The number of Topliss-reactive ketones (excluding diaryl/α,β-unsaturated/α-hetero) is 1. The molecule has 0 bridgehead atoms. The number of nitro groups is 1. The summed E-state index contributed by atoms with van der Waals surface area (Å²) in [5, 5.41) is 19.4. The highest BCUT2D eigenvalue weighted by molar-refractivity contribution is 7.50. The van der Waals surface area contributed by atoms with Gasteiger partial charge in [0.2, 0.25) is 5.91 Å². The van der Waals surface area contributed by atoms with Gasteiger partial charge in [0.25, 0.3) is 5.69 Å². The van der Waals surface area contributed by atoms with Gasteiger partial charge in [-0.15, -0.1) is 5.92 Å². The third kappa shape index (κ3) is 12.0. The lowest BCUT2D eigenvalue weighted by Crippen LogP contribution is -2.23. The van der Waals surface area contributed by atoms with E-state index in [-0.39, 0.29) is 42.6 Å². The van der Waals surface area contributed by atoms with Gasteiger partial charge in [0.05, 0.1) is 29.7 Å². The van der Waals surface area contributed by atoms with Crippen LogP contribution in [0.3, 0.4) is 0 Å². The average Bonchev–Trinajstić information content (AvgIpc) is 2.77. The van der Waals surface area contributed by atoms with Crippen molar-refractivity contribution < 1.29 is 28.5 Å². The first-order chi connectivity index (χ1) is 16.1. The number of unbranched alkanes of at least 4 members (excludes halogenated alkanes) is 2. The fourth-order valence-corrected chi connectivity index (χ4v) is 4.08. The number of hydrogen-bond acceptors (Lipinski definition) is 7. The molecule has 1 aromatic rings. The molecular formula is C22H33N4O7P. The minimum atomic E-state index is -4.23. The molecule has 0 aromatic heterocycles. The summed E-state index contributed by atoms with van der Waals surface area (Å²) < 4.78 is 17.7. The number of carbonyl (C=O) groups excluding carboxylic acids is 2. The molecule has 0 aliphatic heterocycles. The largest absolute Gasteiger partial charge is 0.403 e. The Hall–Kier alpha value is -2.61. The van der Waals surface area contributed by atoms with E-state index in [9.17, 15) is 29.2 Å². The van der Waals surface area contributed by atoms with Crippen LogP contribution < -0.4 is 15.7 Å². The van der Waals surface area contributed by atoms with E-state index in [1.54, 1.807) is 6.92 Å². The Kier molecular flexibility index (Phi) is 13.3. The first kappa shape index (κ1) is 29.4. The fourth-order valence-electron chi connectivity index (χ4n) is 3.03. The Morgan fingerprint density at radius 3 is 2.68 bits per heavy atom. The molecular weight excluding hydrogens is 463 g/mol. The Labute approximate surface area is 199 Å². The van der Waals surface area contributed by atoms with Crippen molar-refractivity contribution in [2.45, 2.75) is 59.1 Å². The highest BCUT2D eigenvalue weighted by Crippen LogP contribution is 2.44. The van der Waals surface area contributed by atoms with Gasteiger partial charge in [0.15, 0.2) is 0 Å². The lowest BCUT2D eigenvalue weighted by molar-refractivity contribution is -0.386. The summed E-state index contributed by atoms with van der Waals surface area (Å²) >= 11 is 0. The molecule has 34 heavy (non-hydrogen) atoms. The van der Waals surface area contributed by atoms with Gasteiger partial charge in [0.1, 0.15) is 5.78 Å². The molecule has 11 nitrogen and oxygen atoms in total. The maximum atomic E-state index is 12.4. The summed E-state index contributed by atoms with van der Waals surface area (Å²) in [5.41, 5.74) is 0.468. The van der Waals surface area contributed by atoms with Crippen LogP contribution in [0.5, 0.6) is 0 Å². The SMILES string of the molecule is CC#CCNCC(=O)CCCCCNP(=O)(O)OC(C)c1cc(CNC(C)=O)ccc1[N+](=O)[O-]. The Bertz CT molecular complexity index is 958. The standard InChI is InChI=1S/C22H33N4O7P/c1-4-5-12-23-16-20(28)9-7-6-8-13-25-34(31,32)33-17(2)21-14-19(15-24-18(3)27)10-11-22(21)26(29)30/h10-11,14,17,23H,6-9,12-13,15-16H2,1-3H3,(H,24,27)(H2,25,31,32). The molecule has 4 N–H and O–H groups in total. The minimum Gasteiger partial charge on any atom is -0.352 e. The summed E-state index contributed by atoms with van der Waals surface area (Å²) in [4.78, 5) is 43.8.